The lowest BCUT2D eigenvalue weighted by atomic mass is 10.1. The number of fused-ring (bicyclic) bond motifs is 1. The Morgan fingerprint density at radius 3 is 2.52 bits per heavy atom. The Morgan fingerprint density at radius 2 is 1.69 bits per heavy atom. The van der Waals surface area contributed by atoms with Crippen molar-refractivity contribution in [2.75, 3.05) is 11.4 Å². The van der Waals surface area contributed by atoms with Gasteiger partial charge in [-0.2, -0.15) is 0 Å². The number of aromatic nitrogens is 1. The zero-order valence-corrected chi connectivity index (χ0v) is 16.3. The highest BCUT2D eigenvalue weighted by atomic mass is 16.2. The summed E-state index contributed by atoms with van der Waals surface area (Å²) in [5.41, 5.74) is 3.77. The summed E-state index contributed by atoms with van der Waals surface area (Å²) in [5, 5.41) is 2.88. The molecule has 0 saturated heterocycles. The predicted octanol–water partition coefficient (Wildman–Crippen LogP) is 3.65. The molecule has 0 spiro atoms. The Balaban J connectivity index is 1.46. The van der Waals surface area contributed by atoms with E-state index in [1.165, 1.54) is 0 Å². The number of para-hydroxylation sites is 1. The minimum Gasteiger partial charge on any atom is -0.350 e. The van der Waals surface area contributed by atoms with Crippen molar-refractivity contribution in [1.29, 1.82) is 0 Å². The zero-order chi connectivity index (χ0) is 20.2. The van der Waals surface area contributed by atoms with Crippen LogP contribution in [0.15, 0.2) is 72.8 Å². The Hall–Kier alpha value is -3.47. The molecule has 146 valence electrons. The van der Waals surface area contributed by atoms with E-state index in [4.69, 9.17) is 0 Å². The normalized spacial score (nSPS) is 15.1. The van der Waals surface area contributed by atoms with E-state index >= 15 is 0 Å². The van der Waals surface area contributed by atoms with Crippen molar-refractivity contribution in [2.45, 2.75) is 25.8 Å². The van der Waals surface area contributed by atoms with Crippen LogP contribution in [0.2, 0.25) is 0 Å². The molecule has 0 fully saturated rings. The number of amides is 2. The van der Waals surface area contributed by atoms with Crippen LogP contribution in [0, 0.1) is 0 Å². The van der Waals surface area contributed by atoms with Crippen LogP contribution in [0.4, 0.5) is 5.69 Å². The van der Waals surface area contributed by atoms with Crippen molar-refractivity contribution in [3.8, 4) is 0 Å². The van der Waals surface area contributed by atoms with E-state index in [1.807, 2.05) is 61.5 Å². The number of benzene rings is 2. The molecule has 5 heteroatoms. The molecule has 2 aromatic carbocycles. The van der Waals surface area contributed by atoms with Gasteiger partial charge in [-0.1, -0.05) is 54.6 Å². The molecule has 2 heterocycles. The highest BCUT2D eigenvalue weighted by Gasteiger charge is 2.32. The molecule has 1 aliphatic heterocycles. The third kappa shape index (κ3) is 4.04. The number of hydrogen-bond donors (Lipinski definition) is 1. The molecule has 0 radical (unpaired) electrons. The second kappa shape index (κ2) is 8.27. The van der Waals surface area contributed by atoms with Gasteiger partial charge < -0.3 is 10.2 Å². The van der Waals surface area contributed by atoms with Gasteiger partial charge in [-0.3, -0.25) is 9.59 Å². The van der Waals surface area contributed by atoms with Gasteiger partial charge in [0.15, 0.2) is 0 Å². The molecule has 0 saturated carbocycles. The van der Waals surface area contributed by atoms with Crippen LogP contribution >= 0.6 is 0 Å². The van der Waals surface area contributed by atoms with Crippen molar-refractivity contribution >= 4 is 17.5 Å². The van der Waals surface area contributed by atoms with Gasteiger partial charge in [-0.15, -0.1) is 0 Å². The van der Waals surface area contributed by atoms with Crippen LogP contribution in [0.25, 0.3) is 0 Å². The number of carbonyl (C=O) groups excluding carboxylic acids is 2. The summed E-state index contributed by atoms with van der Waals surface area (Å²) in [4.78, 5) is 31.7. The number of nitrogens with zero attached hydrogens (tertiary/aromatic N) is 2. The number of carbonyl (C=O) groups is 2. The van der Waals surface area contributed by atoms with E-state index < -0.39 is 0 Å². The summed E-state index contributed by atoms with van der Waals surface area (Å²) in [6, 6.07) is 23.0. The molecule has 1 atom stereocenters. The van der Waals surface area contributed by atoms with Gasteiger partial charge >= 0.3 is 0 Å². The largest absolute Gasteiger partial charge is 0.350 e. The first-order valence-corrected chi connectivity index (χ1v) is 9.84. The number of anilines is 1. The fourth-order valence-electron chi connectivity index (χ4n) is 3.73. The third-order valence-electron chi connectivity index (χ3n) is 5.17. The van der Waals surface area contributed by atoms with Crippen molar-refractivity contribution in [1.82, 2.24) is 10.3 Å². The van der Waals surface area contributed by atoms with Crippen molar-refractivity contribution < 1.29 is 9.59 Å². The second-order valence-corrected chi connectivity index (χ2v) is 7.26. The van der Waals surface area contributed by atoms with Crippen LogP contribution in [0.3, 0.4) is 0 Å². The minimum absolute atomic E-state index is 0.0602. The van der Waals surface area contributed by atoms with E-state index in [2.05, 4.69) is 10.3 Å². The SMILES string of the molecule is CC1Cc2ccccc2N1C(=O)c1cccc(C(=O)NCCc2ccccc2)n1. The molecule has 1 unspecified atom stereocenters. The lowest BCUT2D eigenvalue weighted by Crippen LogP contribution is -2.36. The monoisotopic (exact) mass is 385 g/mol. The summed E-state index contributed by atoms with van der Waals surface area (Å²) < 4.78 is 0. The second-order valence-electron chi connectivity index (χ2n) is 7.26. The maximum atomic E-state index is 13.1. The molecule has 0 aliphatic carbocycles. The Kier molecular flexibility index (Phi) is 5.38. The van der Waals surface area contributed by atoms with Crippen molar-refractivity contribution in [3.63, 3.8) is 0 Å². The van der Waals surface area contributed by atoms with Gasteiger partial charge in [0.25, 0.3) is 11.8 Å². The number of rotatable bonds is 5. The molecule has 0 bridgehead atoms. The molecule has 5 nitrogen and oxygen atoms in total. The average Bonchev–Trinajstić information content (AvgIpc) is 3.09. The van der Waals surface area contributed by atoms with Crippen LogP contribution in [0.5, 0.6) is 0 Å². The van der Waals surface area contributed by atoms with E-state index in [-0.39, 0.29) is 29.2 Å². The van der Waals surface area contributed by atoms with Crippen LogP contribution < -0.4 is 10.2 Å². The number of pyridine rings is 1. The fraction of sp³-hybridized carbons (Fsp3) is 0.208. The average molecular weight is 385 g/mol. The smallest absolute Gasteiger partial charge is 0.277 e. The minimum atomic E-state index is -0.273. The maximum absolute atomic E-state index is 13.1. The molecule has 4 rings (SSSR count). The predicted molar refractivity (Wildman–Crippen MR) is 113 cm³/mol. The molecule has 1 aromatic heterocycles. The third-order valence-corrected chi connectivity index (χ3v) is 5.17. The lowest BCUT2D eigenvalue weighted by Gasteiger charge is -2.22. The molecule has 1 aliphatic rings. The molecule has 1 N–H and O–H groups in total. The van der Waals surface area contributed by atoms with E-state index in [9.17, 15) is 9.59 Å². The van der Waals surface area contributed by atoms with Gasteiger partial charge in [0, 0.05) is 18.3 Å². The molecular weight excluding hydrogens is 362 g/mol. The summed E-state index contributed by atoms with van der Waals surface area (Å²) in [6.45, 7) is 2.54. The zero-order valence-electron chi connectivity index (χ0n) is 16.3. The molecular formula is C24H23N3O2. The molecule has 2 amide bonds. The van der Waals surface area contributed by atoms with Crippen LogP contribution in [-0.2, 0) is 12.8 Å². The maximum Gasteiger partial charge on any atom is 0.277 e. The van der Waals surface area contributed by atoms with Crippen LogP contribution in [-0.4, -0.2) is 29.4 Å². The Bertz CT molecular complexity index is 1030. The summed E-state index contributed by atoms with van der Waals surface area (Å²) in [5.74, 6) is -0.452. The number of nitrogens with one attached hydrogen (secondary N) is 1. The Labute approximate surface area is 170 Å². The quantitative estimate of drug-likeness (QED) is 0.729. The fourth-order valence-corrected chi connectivity index (χ4v) is 3.73. The van der Waals surface area contributed by atoms with Crippen molar-refractivity contribution in [3.05, 3.63) is 95.3 Å². The van der Waals surface area contributed by atoms with E-state index in [1.54, 1.807) is 23.1 Å². The standard InChI is InChI=1S/C24H23N3O2/c1-17-16-19-10-5-6-13-22(19)27(17)24(29)21-12-7-11-20(26-21)23(28)25-15-14-18-8-3-2-4-9-18/h2-13,17H,14-16H2,1H3,(H,25,28). The van der Waals surface area contributed by atoms with Gasteiger partial charge in [0.1, 0.15) is 11.4 Å². The summed E-state index contributed by atoms with van der Waals surface area (Å²) in [7, 11) is 0. The highest BCUT2D eigenvalue weighted by molar-refractivity contribution is 6.07. The first kappa shape index (κ1) is 18.9. The van der Waals surface area contributed by atoms with Gasteiger partial charge in [0.2, 0.25) is 0 Å². The number of hydrogen-bond acceptors (Lipinski definition) is 3. The Morgan fingerprint density at radius 1 is 0.966 bits per heavy atom. The van der Waals surface area contributed by atoms with E-state index in [0.29, 0.717) is 6.54 Å². The van der Waals surface area contributed by atoms with E-state index in [0.717, 1.165) is 29.7 Å². The first-order valence-electron chi connectivity index (χ1n) is 9.84. The summed E-state index contributed by atoms with van der Waals surface area (Å²) >= 11 is 0. The first-order chi connectivity index (χ1) is 14.1. The van der Waals surface area contributed by atoms with Crippen LogP contribution in [0.1, 0.15) is 39.0 Å². The lowest BCUT2D eigenvalue weighted by molar-refractivity contribution is 0.0948. The van der Waals surface area contributed by atoms with Gasteiger partial charge in [0.05, 0.1) is 0 Å². The van der Waals surface area contributed by atoms with Gasteiger partial charge in [-0.05, 0) is 49.1 Å². The van der Waals surface area contributed by atoms with Crippen molar-refractivity contribution in [2.24, 2.45) is 0 Å². The van der Waals surface area contributed by atoms with Gasteiger partial charge in [-0.25, -0.2) is 4.98 Å². The topological polar surface area (TPSA) is 62.3 Å². The molecule has 3 aromatic rings. The summed E-state index contributed by atoms with van der Waals surface area (Å²) in [6.07, 6.45) is 1.56. The molecule has 29 heavy (non-hydrogen) atoms. The highest BCUT2D eigenvalue weighted by Crippen LogP contribution is 2.32.